The summed E-state index contributed by atoms with van der Waals surface area (Å²) in [5, 5.41) is 3.36. The van der Waals surface area contributed by atoms with Gasteiger partial charge in [0.1, 0.15) is 5.82 Å². The lowest BCUT2D eigenvalue weighted by atomic mass is 9.99. The van der Waals surface area contributed by atoms with Crippen molar-refractivity contribution in [1.82, 2.24) is 15.2 Å². The van der Waals surface area contributed by atoms with Crippen molar-refractivity contribution in [2.75, 3.05) is 57.9 Å². The first-order valence-corrected chi connectivity index (χ1v) is 10.0. The number of aromatic nitrogens is 1. The van der Waals surface area contributed by atoms with Gasteiger partial charge in [-0.25, -0.2) is 9.98 Å². The van der Waals surface area contributed by atoms with Crippen LogP contribution in [0.1, 0.15) is 19.4 Å². The largest absolute Gasteiger partial charge is 0.469 e. The number of hydrogen-bond donors (Lipinski definition) is 1. The summed E-state index contributed by atoms with van der Waals surface area (Å²) in [5.74, 6) is 1.78. The zero-order chi connectivity index (χ0) is 19.9. The van der Waals surface area contributed by atoms with Gasteiger partial charge in [0.2, 0.25) is 0 Å². The van der Waals surface area contributed by atoms with Crippen molar-refractivity contribution in [3.8, 4) is 0 Å². The molecule has 0 radical (unpaired) electrons. The molecule has 3 rings (SSSR count). The summed E-state index contributed by atoms with van der Waals surface area (Å²) >= 11 is 0. The van der Waals surface area contributed by atoms with Gasteiger partial charge in [0, 0.05) is 44.5 Å². The van der Waals surface area contributed by atoms with Gasteiger partial charge in [-0.2, -0.15) is 0 Å². The topological polar surface area (TPSA) is 79.3 Å². The third kappa shape index (κ3) is 4.73. The molecule has 2 atom stereocenters. The Morgan fingerprint density at radius 3 is 2.89 bits per heavy atom. The van der Waals surface area contributed by atoms with E-state index in [2.05, 4.69) is 40.0 Å². The van der Waals surface area contributed by atoms with Crippen LogP contribution < -0.4 is 10.2 Å². The number of esters is 1. The fourth-order valence-electron chi connectivity index (χ4n) is 3.80. The third-order valence-corrected chi connectivity index (χ3v) is 5.33. The standard InChI is InChI=1S/C20H31N5O3/c1-4-21-20(25-13-15(2)17(14-25)19(26)27-3)23-12-16-6-5-7-22-18(16)24-8-10-28-11-9-24/h5-7,15,17H,4,8-14H2,1-3H3,(H,21,23). The molecule has 2 aliphatic rings. The van der Waals surface area contributed by atoms with Gasteiger partial charge in [0.25, 0.3) is 0 Å². The van der Waals surface area contributed by atoms with E-state index < -0.39 is 0 Å². The first-order chi connectivity index (χ1) is 13.6. The maximum Gasteiger partial charge on any atom is 0.310 e. The highest BCUT2D eigenvalue weighted by molar-refractivity contribution is 5.82. The predicted octanol–water partition coefficient (Wildman–Crippen LogP) is 1.12. The van der Waals surface area contributed by atoms with Gasteiger partial charge >= 0.3 is 5.97 Å². The number of carbonyl (C=O) groups excluding carboxylic acids is 1. The minimum Gasteiger partial charge on any atom is -0.469 e. The smallest absolute Gasteiger partial charge is 0.310 e. The normalized spacial score (nSPS) is 23.0. The molecule has 0 aliphatic carbocycles. The summed E-state index contributed by atoms with van der Waals surface area (Å²) in [6.07, 6.45) is 1.83. The van der Waals surface area contributed by atoms with Gasteiger partial charge in [-0.05, 0) is 18.9 Å². The minimum absolute atomic E-state index is 0.115. The highest BCUT2D eigenvalue weighted by Crippen LogP contribution is 2.25. The maximum atomic E-state index is 12.0. The number of anilines is 1. The Labute approximate surface area is 166 Å². The Bertz CT molecular complexity index is 690. The van der Waals surface area contributed by atoms with Gasteiger partial charge < -0.3 is 24.6 Å². The van der Waals surface area contributed by atoms with Crippen LogP contribution in [0.25, 0.3) is 0 Å². The van der Waals surface area contributed by atoms with E-state index >= 15 is 0 Å². The van der Waals surface area contributed by atoms with Crippen LogP contribution in [0, 0.1) is 11.8 Å². The zero-order valence-electron chi connectivity index (χ0n) is 17.1. The van der Waals surface area contributed by atoms with Crippen molar-refractivity contribution in [3.63, 3.8) is 0 Å². The summed E-state index contributed by atoms with van der Waals surface area (Å²) in [6, 6.07) is 4.03. The van der Waals surface area contributed by atoms with E-state index in [0.717, 1.165) is 56.7 Å². The van der Waals surface area contributed by atoms with Gasteiger partial charge in [-0.15, -0.1) is 0 Å². The molecule has 2 aliphatic heterocycles. The SMILES string of the molecule is CCNC(=NCc1cccnc1N1CCOCC1)N1CC(C)C(C(=O)OC)C1. The number of hydrogen-bond acceptors (Lipinski definition) is 6. The van der Waals surface area contributed by atoms with Gasteiger partial charge in [-0.1, -0.05) is 13.0 Å². The molecule has 2 unspecified atom stereocenters. The second kappa shape index (κ2) is 9.73. The summed E-state index contributed by atoms with van der Waals surface area (Å²) in [7, 11) is 1.45. The van der Waals surface area contributed by atoms with Crippen molar-refractivity contribution in [1.29, 1.82) is 0 Å². The summed E-state index contributed by atoms with van der Waals surface area (Å²) in [4.78, 5) is 25.9. The number of morpholine rings is 1. The first-order valence-electron chi connectivity index (χ1n) is 10.0. The molecule has 28 heavy (non-hydrogen) atoms. The van der Waals surface area contributed by atoms with E-state index in [9.17, 15) is 4.79 Å². The van der Waals surface area contributed by atoms with Gasteiger partial charge in [0.15, 0.2) is 5.96 Å². The number of nitrogens with zero attached hydrogens (tertiary/aromatic N) is 4. The van der Waals surface area contributed by atoms with Crippen LogP contribution in [0.15, 0.2) is 23.3 Å². The molecular weight excluding hydrogens is 358 g/mol. The summed E-state index contributed by atoms with van der Waals surface area (Å²) in [6.45, 7) is 10.0. The fourth-order valence-corrected chi connectivity index (χ4v) is 3.80. The number of guanidine groups is 1. The van der Waals surface area contributed by atoms with Crippen LogP contribution >= 0.6 is 0 Å². The Balaban J connectivity index is 1.74. The van der Waals surface area contributed by atoms with E-state index in [-0.39, 0.29) is 17.8 Å². The molecule has 0 amide bonds. The first kappa shape index (κ1) is 20.4. The maximum absolute atomic E-state index is 12.0. The number of methoxy groups -OCH3 is 1. The number of carbonyl (C=O) groups is 1. The zero-order valence-corrected chi connectivity index (χ0v) is 17.1. The van der Waals surface area contributed by atoms with Crippen molar-refractivity contribution < 1.29 is 14.3 Å². The molecule has 2 fully saturated rings. The lowest BCUT2D eigenvalue weighted by Crippen LogP contribution is -2.40. The molecule has 2 saturated heterocycles. The van der Waals surface area contributed by atoms with Crippen LogP contribution in [-0.4, -0.2) is 74.9 Å². The van der Waals surface area contributed by atoms with Crippen LogP contribution in [0.5, 0.6) is 0 Å². The summed E-state index contributed by atoms with van der Waals surface area (Å²) < 4.78 is 10.4. The van der Waals surface area contributed by atoms with Crippen molar-refractivity contribution in [2.24, 2.45) is 16.8 Å². The molecule has 0 bridgehead atoms. The van der Waals surface area contributed by atoms with E-state index in [1.165, 1.54) is 7.11 Å². The Morgan fingerprint density at radius 2 is 2.18 bits per heavy atom. The number of aliphatic imine (C=N–C) groups is 1. The van der Waals surface area contributed by atoms with E-state index in [1.54, 1.807) is 0 Å². The average molecular weight is 390 g/mol. The van der Waals surface area contributed by atoms with Gasteiger partial charge in [-0.3, -0.25) is 4.79 Å². The van der Waals surface area contributed by atoms with E-state index in [4.69, 9.17) is 14.5 Å². The van der Waals surface area contributed by atoms with Crippen LogP contribution in [0.3, 0.4) is 0 Å². The molecule has 154 valence electrons. The molecular formula is C20H31N5O3. The number of ether oxygens (including phenoxy) is 2. The van der Waals surface area contributed by atoms with Crippen LogP contribution in [0.4, 0.5) is 5.82 Å². The number of likely N-dealkylation sites (tertiary alicyclic amines) is 1. The van der Waals surface area contributed by atoms with Crippen LogP contribution in [0.2, 0.25) is 0 Å². The molecule has 0 spiro atoms. The second-order valence-corrected chi connectivity index (χ2v) is 7.27. The average Bonchev–Trinajstić information content (AvgIpc) is 3.13. The number of pyridine rings is 1. The summed E-state index contributed by atoms with van der Waals surface area (Å²) in [5.41, 5.74) is 1.09. The molecule has 1 aromatic rings. The Hall–Kier alpha value is -2.35. The highest BCUT2D eigenvalue weighted by Gasteiger charge is 2.36. The molecule has 0 saturated carbocycles. The molecule has 1 N–H and O–H groups in total. The quantitative estimate of drug-likeness (QED) is 0.459. The molecule has 8 nitrogen and oxygen atoms in total. The fraction of sp³-hybridized carbons (Fsp3) is 0.650. The lowest BCUT2D eigenvalue weighted by Gasteiger charge is -2.29. The second-order valence-electron chi connectivity index (χ2n) is 7.27. The molecule has 8 heteroatoms. The van der Waals surface area contributed by atoms with Gasteiger partial charge in [0.05, 0.1) is 32.8 Å². The Kier molecular flexibility index (Phi) is 7.08. The number of nitrogens with one attached hydrogen (secondary N) is 1. The third-order valence-electron chi connectivity index (χ3n) is 5.33. The Morgan fingerprint density at radius 1 is 1.39 bits per heavy atom. The number of rotatable bonds is 5. The molecule has 0 aromatic carbocycles. The van der Waals surface area contributed by atoms with Crippen LogP contribution in [-0.2, 0) is 20.8 Å². The predicted molar refractivity (Wildman–Crippen MR) is 108 cm³/mol. The van der Waals surface area contributed by atoms with Crippen molar-refractivity contribution in [2.45, 2.75) is 20.4 Å². The molecule has 3 heterocycles. The minimum atomic E-state index is -0.146. The van der Waals surface area contributed by atoms with E-state index in [1.807, 2.05) is 12.3 Å². The lowest BCUT2D eigenvalue weighted by molar-refractivity contribution is -0.145. The van der Waals surface area contributed by atoms with E-state index in [0.29, 0.717) is 13.1 Å². The monoisotopic (exact) mass is 389 g/mol. The van der Waals surface area contributed by atoms with Crippen molar-refractivity contribution in [3.05, 3.63) is 23.9 Å². The highest BCUT2D eigenvalue weighted by atomic mass is 16.5. The van der Waals surface area contributed by atoms with Crippen molar-refractivity contribution >= 4 is 17.7 Å². The molecule has 1 aromatic heterocycles.